The van der Waals surface area contributed by atoms with Gasteiger partial charge in [0.2, 0.25) is 5.91 Å². The molecule has 98 valence electrons. The van der Waals surface area contributed by atoms with E-state index in [-0.39, 0.29) is 18.6 Å². The van der Waals surface area contributed by atoms with Gasteiger partial charge in [-0.2, -0.15) is 0 Å². The predicted molar refractivity (Wildman–Crippen MR) is 63.7 cm³/mol. The molecule has 1 atom stereocenters. The van der Waals surface area contributed by atoms with E-state index in [1.54, 1.807) is 0 Å². The number of imide groups is 1. The van der Waals surface area contributed by atoms with Gasteiger partial charge in [0, 0.05) is 19.6 Å². The highest BCUT2D eigenvalue weighted by Gasteiger charge is 2.19. The van der Waals surface area contributed by atoms with E-state index in [0.29, 0.717) is 13.2 Å². The van der Waals surface area contributed by atoms with Gasteiger partial charge in [0.25, 0.3) is 0 Å². The number of morpholine rings is 1. The van der Waals surface area contributed by atoms with Crippen molar-refractivity contribution >= 4 is 11.9 Å². The molecule has 0 aliphatic carbocycles. The van der Waals surface area contributed by atoms with E-state index in [0.717, 1.165) is 19.5 Å². The third-order valence-corrected chi connectivity index (χ3v) is 2.48. The molecule has 0 aromatic rings. The lowest BCUT2D eigenvalue weighted by Crippen LogP contribution is -2.48. The minimum Gasteiger partial charge on any atom is -0.376 e. The van der Waals surface area contributed by atoms with Gasteiger partial charge < -0.3 is 10.1 Å². The molecule has 0 saturated carbocycles. The quantitative estimate of drug-likeness (QED) is 0.726. The summed E-state index contributed by atoms with van der Waals surface area (Å²) in [5, 5.41) is 4.90. The fourth-order valence-electron chi connectivity index (χ4n) is 1.69. The maximum Gasteiger partial charge on any atom is 0.321 e. The van der Waals surface area contributed by atoms with Gasteiger partial charge in [0.15, 0.2) is 0 Å². The molecule has 2 N–H and O–H groups in total. The molecule has 1 saturated heterocycles. The molecule has 6 nitrogen and oxygen atoms in total. The molecule has 1 fully saturated rings. The number of hydrogen-bond donors (Lipinski definition) is 2. The summed E-state index contributed by atoms with van der Waals surface area (Å²) in [7, 11) is 0. The molecule has 0 spiro atoms. The van der Waals surface area contributed by atoms with Gasteiger partial charge in [-0.25, -0.2) is 4.79 Å². The van der Waals surface area contributed by atoms with E-state index in [1.165, 1.54) is 0 Å². The van der Waals surface area contributed by atoms with Crippen LogP contribution in [0.2, 0.25) is 0 Å². The molecule has 1 aliphatic rings. The zero-order valence-electron chi connectivity index (χ0n) is 10.5. The first-order valence-corrected chi connectivity index (χ1v) is 6.03. The highest BCUT2D eigenvalue weighted by atomic mass is 16.5. The largest absolute Gasteiger partial charge is 0.376 e. The average Bonchev–Trinajstić information content (AvgIpc) is 2.26. The summed E-state index contributed by atoms with van der Waals surface area (Å²) in [5.74, 6) is -0.271. The number of urea groups is 1. The Labute approximate surface area is 102 Å². The second kappa shape index (κ2) is 7.24. The normalized spacial score (nSPS) is 20.9. The molecule has 3 amide bonds. The number of carbonyl (C=O) groups excluding carboxylic acids is 2. The number of carbonyl (C=O) groups is 2. The number of nitrogens with one attached hydrogen (secondary N) is 2. The summed E-state index contributed by atoms with van der Waals surface area (Å²) in [6.45, 7) is 6.84. The van der Waals surface area contributed by atoms with Gasteiger partial charge in [-0.15, -0.1) is 0 Å². The van der Waals surface area contributed by atoms with Crippen LogP contribution in [-0.4, -0.2) is 55.7 Å². The van der Waals surface area contributed by atoms with Crippen molar-refractivity contribution in [3.63, 3.8) is 0 Å². The van der Waals surface area contributed by atoms with E-state index in [4.69, 9.17) is 4.74 Å². The third-order valence-electron chi connectivity index (χ3n) is 2.48. The first-order chi connectivity index (χ1) is 8.11. The second-order valence-electron chi connectivity index (χ2n) is 4.22. The van der Waals surface area contributed by atoms with Gasteiger partial charge in [-0.3, -0.25) is 15.0 Å². The van der Waals surface area contributed by atoms with Crippen molar-refractivity contribution in [2.75, 3.05) is 32.8 Å². The Hall–Kier alpha value is -1.14. The minimum absolute atomic E-state index is 0.144. The van der Waals surface area contributed by atoms with Crippen LogP contribution in [0.4, 0.5) is 4.79 Å². The summed E-state index contributed by atoms with van der Waals surface area (Å²) in [4.78, 5) is 24.8. The summed E-state index contributed by atoms with van der Waals surface area (Å²) in [6, 6.07) is -0.418. The SMILES string of the molecule is CCCNC(=O)NC(=O)CN1CCOC(C)C1. The van der Waals surface area contributed by atoms with Gasteiger partial charge in [-0.05, 0) is 13.3 Å². The Balaban J connectivity index is 2.21. The molecule has 1 rings (SSSR count). The van der Waals surface area contributed by atoms with Crippen LogP contribution in [0.15, 0.2) is 0 Å². The number of rotatable bonds is 4. The van der Waals surface area contributed by atoms with E-state index in [1.807, 2.05) is 18.7 Å². The van der Waals surface area contributed by atoms with Crippen LogP contribution in [0.1, 0.15) is 20.3 Å². The third kappa shape index (κ3) is 5.65. The first-order valence-electron chi connectivity index (χ1n) is 6.03. The fourth-order valence-corrected chi connectivity index (χ4v) is 1.69. The zero-order chi connectivity index (χ0) is 12.7. The standard InChI is InChI=1S/C11H21N3O3/c1-3-4-12-11(16)13-10(15)8-14-5-6-17-9(2)7-14/h9H,3-8H2,1-2H3,(H2,12,13,15,16). The first kappa shape index (κ1) is 13.9. The van der Waals surface area contributed by atoms with Crippen molar-refractivity contribution in [3.8, 4) is 0 Å². The summed E-state index contributed by atoms with van der Waals surface area (Å²) >= 11 is 0. The Morgan fingerprint density at radius 2 is 2.24 bits per heavy atom. The van der Waals surface area contributed by atoms with E-state index >= 15 is 0 Å². The van der Waals surface area contributed by atoms with Crippen LogP contribution in [0.3, 0.4) is 0 Å². The van der Waals surface area contributed by atoms with Crippen molar-refractivity contribution in [3.05, 3.63) is 0 Å². The molecular formula is C11H21N3O3. The molecule has 0 aromatic heterocycles. The highest BCUT2D eigenvalue weighted by Crippen LogP contribution is 2.03. The van der Waals surface area contributed by atoms with Crippen LogP contribution in [0, 0.1) is 0 Å². The lowest BCUT2D eigenvalue weighted by atomic mass is 10.3. The molecule has 17 heavy (non-hydrogen) atoms. The van der Waals surface area contributed by atoms with Gasteiger partial charge >= 0.3 is 6.03 Å². The van der Waals surface area contributed by atoms with Crippen molar-refractivity contribution in [2.24, 2.45) is 0 Å². The van der Waals surface area contributed by atoms with Crippen LogP contribution in [0.5, 0.6) is 0 Å². The number of nitrogens with zero attached hydrogens (tertiary/aromatic N) is 1. The maximum absolute atomic E-state index is 11.5. The molecule has 1 aliphatic heterocycles. The van der Waals surface area contributed by atoms with Crippen LogP contribution < -0.4 is 10.6 Å². The van der Waals surface area contributed by atoms with Gasteiger partial charge in [0.1, 0.15) is 0 Å². The molecule has 0 bridgehead atoms. The van der Waals surface area contributed by atoms with Gasteiger partial charge in [-0.1, -0.05) is 6.92 Å². The number of hydrogen-bond acceptors (Lipinski definition) is 4. The van der Waals surface area contributed by atoms with Crippen molar-refractivity contribution < 1.29 is 14.3 Å². The highest BCUT2D eigenvalue weighted by molar-refractivity contribution is 5.95. The lowest BCUT2D eigenvalue weighted by Gasteiger charge is -2.30. The molecule has 6 heteroatoms. The van der Waals surface area contributed by atoms with Crippen LogP contribution in [-0.2, 0) is 9.53 Å². The predicted octanol–water partition coefficient (Wildman–Crippen LogP) is -0.0571. The van der Waals surface area contributed by atoms with Gasteiger partial charge in [0.05, 0.1) is 19.3 Å². The van der Waals surface area contributed by atoms with Crippen molar-refractivity contribution in [1.29, 1.82) is 0 Å². The average molecular weight is 243 g/mol. The molecule has 0 aromatic carbocycles. The minimum atomic E-state index is -0.418. The van der Waals surface area contributed by atoms with E-state index < -0.39 is 6.03 Å². The summed E-state index contributed by atoms with van der Waals surface area (Å²) < 4.78 is 5.37. The topological polar surface area (TPSA) is 70.7 Å². The zero-order valence-corrected chi connectivity index (χ0v) is 10.5. The van der Waals surface area contributed by atoms with Crippen molar-refractivity contribution in [1.82, 2.24) is 15.5 Å². The lowest BCUT2D eigenvalue weighted by molar-refractivity contribution is -0.122. The van der Waals surface area contributed by atoms with Crippen LogP contribution >= 0.6 is 0 Å². The van der Waals surface area contributed by atoms with Crippen LogP contribution in [0.25, 0.3) is 0 Å². The summed E-state index contributed by atoms with van der Waals surface area (Å²) in [6.07, 6.45) is 0.994. The van der Waals surface area contributed by atoms with E-state index in [2.05, 4.69) is 10.6 Å². The monoisotopic (exact) mass is 243 g/mol. The molecular weight excluding hydrogens is 222 g/mol. The fraction of sp³-hybridized carbons (Fsp3) is 0.818. The summed E-state index contributed by atoms with van der Waals surface area (Å²) in [5.41, 5.74) is 0. The second-order valence-corrected chi connectivity index (χ2v) is 4.22. The smallest absolute Gasteiger partial charge is 0.321 e. The Morgan fingerprint density at radius 3 is 2.88 bits per heavy atom. The Bertz CT molecular complexity index is 271. The number of ether oxygens (including phenoxy) is 1. The van der Waals surface area contributed by atoms with E-state index in [9.17, 15) is 9.59 Å². The molecule has 1 unspecified atom stereocenters. The molecule has 0 radical (unpaired) electrons. The number of amides is 3. The maximum atomic E-state index is 11.5. The molecule has 1 heterocycles. The Morgan fingerprint density at radius 1 is 1.47 bits per heavy atom. The Kier molecular flexibility index (Phi) is 5.93. The van der Waals surface area contributed by atoms with Crippen molar-refractivity contribution in [2.45, 2.75) is 26.4 Å².